The van der Waals surface area contributed by atoms with Crippen LogP contribution in [0.15, 0.2) is 18.2 Å². The molecular weight excluding hydrogens is 228 g/mol. The summed E-state index contributed by atoms with van der Waals surface area (Å²) < 4.78 is 0. The number of ketones is 1. The molecule has 1 rings (SSSR count). The van der Waals surface area contributed by atoms with Gasteiger partial charge in [0.15, 0.2) is 5.78 Å². The van der Waals surface area contributed by atoms with Crippen molar-refractivity contribution in [1.82, 2.24) is 0 Å². The number of carboxylic acids is 1. The van der Waals surface area contributed by atoms with Gasteiger partial charge in [-0.15, -0.1) is 11.6 Å². The van der Waals surface area contributed by atoms with Gasteiger partial charge in [-0.05, 0) is 24.1 Å². The smallest absolute Gasteiger partial charge is 0.307 e. The second kappa shape index (κ2) is 5.66. The van der Waals surface area contributed by atoms with E-state index in [1.165, 1.54) is 0 Å². The molecule has 0 bridgehead atoms. The number of aryl methyl sites for hydroxylation is 1. The minimum atomic E-state index is -0.903. The summed E-state index contributed by atoms with van der Waals surface area (Å²) in [5, 5.41) is 8.66. The van der Waals surface area contributed by atoms with Gasteiger partial charge in [0.1, 0.15) is 0 Å². The first-order valence-corrected chi connectivity index (χ1v) is 5.48. The molecule has 0 fully saturated rings. The van der Waals surface area contributed by atoms with Crippen LogP contribution in [-0.2, 0) is 11.2 Å². The Morgan fingerprint density at radius 2 is 2.06 bits per heavy atom. The molecule has 1 aromatic rings. The molecule has 0 aliphatic heterocycles. The maximum absolute atomic E-state index is 11.7. The minimum Gasteiger partial charge on any atom is -0.481 e. The van der Waals surface area contributed by atoms with E-state index in [1.54, 1.807) is 18.2 Å². The summed E-state index contributed by atoms with van der Waals surface area (Å²) in [5.74, 6) is -0.666. The lowest BCUT2D eigenvalue weighted by atomic mass is 9.99. The van der Waals surface area contributed by atoms with E-state index in [4.69, 9.17) is 16.7 Å². The lowest BCUT2D eigenvalue weighted by Gasteiger charge is -2.06. The first-order valence-electron chi connectivity index (χ1n) is 4.95. The van der Waals surface area contributed by atoms with Gasteiger partial charge in [-0.2, -0.15) is 0 Å². The van der Waals surface area contributed by atoms with Crippen molar-refractivity contribution in [3.05, 3.63) is 34.9 Å². The van der Waals surface area contributed by atoms with Crippen molar-refractivity contribution in [2.24, 2.45) is 0 Å². The maximum atomic E-state index is 11.7. The van der Waals surface area contributed by atoms with E-state index in [9.17, 15) is 9.59 Å². The molecular formula is C12H13ClO3. The normalized spacial score (nSPS) is 10.1. The largest absolute Gasteiger partial charge is 0.481 e. The molecule has 0 aliphatic rings. The number of alkyl halides is 1. The van der Waals surface area contributed by atoms with E-state index < -0.39 is 5.97 Å². The van der Waals surface area contributed by atoms with Gasteiger partial charge in [-0.3, -0.25) is 9.59 Å². The van der Waals surface area contributed by atoms with Gasteiger partial charge in [0.25, 0.3) is 0 Å². The standard InChI is InChI=1S/C12H13ClO3/c1-8-2-3-9(7-12(15)16)6-10(8)11(14)4-5-13/h2-3,6H,4-5,7H2,1H3,(H,15,16). The van der Waals surface area contributed by atoms with Crippen molar-refractivity contribution in [3.63, 3.8) is 0 Å². The number of hydrogen-bond acceptors (Lipinski definition) is 2. The molecule has 0 aliphatic carbocycles. The molecule has 0 saturated carbocycles. The molecule has 0 unspecified atom stereocenters. The fraction of sp³-hybridized carbons (Fsp3) is 0.333. The van der Waals surface area contributed by atoms with Crippen molar-refractivity contribution < 1.29 is 14.7 Å². The summed E-state index contributed by atoms with van der Waals surface area (Å²) in [6.07, 6.45) is 0.209. The molecule has 1 aromatic carbocycles. The molecule has 0 radical (unpaired) electrons. The predicted molar refractivity (Wildman–Crippen MR) is 62.2 cm³/mol. The molecule has 16 heavy (non-hydrogen) atoms. The molecule has 0 atom stereocenters. The lowest BCUT2D eigenvalue weighted by molar-refractivity contribution is -0.136. The van der Waals surface area contributed by atoms with Gasteiger partial charge in [-0.1, -0.05) is 12.1 Å². The van der Waals surface area contributed by atoms with E-state index in [-0.39, 0.29) is 24.5 Å². The van der Waals surface area contributed by atoms with Crippen LogP contribution in [0.5, 0.6) is 0 Å². The summed E-state index contributed by atoms with van der Waals surface area (Å²) in [6.45, 7) is 1.83. The highest BCUT2D eigenvalue weighted by molar-refractivity contribution is 6.19. The fourth-order valence-electron chi connectivity index (χ4n) is 1.47. The van der Waals surface area contributed by atoms with Crippen molar-refractivity contribution >= 4 is 23.4 Å². The highest BCUT2D eigenvalue weighted by atomic mass is 35.5. The van der Waals surface area contributed by atoms with E-state index in [2.05, 4.69) is 0 Å². The zero-order valence-electron chi connectivity index (χ0n) is 9.00. The Bertz CT molecular complexity index is 413. The van der Waals surface area contributed by atoms with Crippen LogP contribution in [0.3, 0.4) is 0 Å². The first kappa shape index (κ1) is 12.7. The number of rotatable bonds is 5. The first-order chi connectivity index (χ1) is 7.54. The Morgan fingerprint density at radius 1 is 1.38 bits per heavy atom. The molecule has 0 amide bonds. The van der Waals surface area contributed by atoms with Crippen LogP contribution < -0.4 is 0 Å². The zero-order chi connectivity index (χ0) is 12.1. The number of carbonyl (C=O) groups excluding carboxylic acids is 1. The monoisotopic (exact) mass is 240 g/mol. The summed E-state index contributed by atoms with van der Waals surface area (Å²) in [5.41, 5.74) is 2.06. The maximum Gasteiger partial charge on any atom is 0.307 e. The van der Waals surface area contributed by atoms with Gasteiger partial charge in [0, 0.05) is 17.9 Å². The molecule has 0 aromatic heterocycles. The van der Waals surface area contributed by atoms with Crippen molar-refractivity contribution in [2.75, 3.05) is 5.88 Å². The van der Waals surface area contributed by atoms with Gasteiger partial charge in [0.05, 0.1) is 6.42 Å². The molecule has 1 N–H and O–H groups in total. The number of halogens is 1. The Hall–Kier alpha value is -1.35. The second-order valence-corrected chi connectivity index (χ2v) is 3.96. The van der Waals surface area contributed by atoms with Crippen molar-refractivity contribution in [3.8, 4) is 0 Å². The van der Waals surface area contributed by atoms with Crippen LogP contribution in [0.2, 0.25) is 0 Å². The third-order valence-electron chi connectivity index (χ3n) is 2.28. The van der Waals surface area contributed by atoms with Crippen molar-refractivity contribution in [1.29, 1.82) is 0 Å². The molecule has 4 heteroatoms. The summed E-state index contributed by atoms with van der Waals surface area (Å²) in [6, 6.07) is 5.12. The summed E-state index contributed by atoms with van der Waals surface area (Å²) in [4.78, 5) is 22.2. The van der Waals surface area contributed by atoms with Gasteiger partial charge < -0.3 is 5.11 Å². The Kier molecular flexibility index (Phi) is 4.50. The van der Waals surface area contributed by atoms with Gasteiger partial charge in [0.2, 0.25) is 0 Å². The quantitative estimate of drug-likeness (QED) is 0.635. The van der Waals surface area contributed by atoms with Crippen LogP contribution >= 0.6 is 11.6 Å². The van der Waals surface area contributed by atoms with Crippen LogP contribution in [0, 0.1) is 6.92 Å². The van der Waals surface area contributed by atoms with Gasteiger partial charge in [-0.25, -0.2) is 0 Å². The second-order valence-electron chi connectivity index (χ2n) is 3.58. The van der Waals surface area contributed by atoms with Crippen molar-refractivity contribution in [2.45, 2.75) is 19.8 Å². The number of Topliss-reactive ketones (excluding diaryl/α,β-unsaturated/α-hetero) is 1. The number of hydrogen-bond donors (Lipinski definition) is 1. The molecule has 0 saturated heterocycles. The highest BCUT2D eigenvalue weighted by Gasteiger charge is 2.10. The van der Waals surface area contributed by atoms with Crippen LogP contribution in [0.4, 0.5) is 0 Å². The topological polar surface area (TPSA) is 54.4 Å². The van der Waals surface area contributed by atoms with Crippen LogP contribution in [0.25, 0.3) is 0 Å². The zero-order valence-corrected chi connectivity index (χ0v) is 9.75. The summed E-state index contributed by atoms with van der Waals surface area (Å²) >= 11 is 5.51. The highest BCUT2D eigenvalue weighted by Crippen LogP contribution is 2.14. The van der Waals surface area contributed by atoms with Crippen LogP contribution in [0.1, 0.15) is 27.9 Å². The molecule has 0 spiro atoms. The average Bonchev–Trinajstić information content (AvgIpc) is 2.20. The molecule has 0 heterocycles. The van der Waals surface area contributed by atoms with Crippen LogP contribution in [-0.4, -0.2) is 22.7 Å². The number of carbonyl (C=O) groups is 2. The SMILES string of the molecule is Cc1ccc(CC(=O)O)cc1C(=O)CCCl. The lowest BCUT2D eigenvalue weighted by Crippen LogP contribution is -2.06. The summed E-state index contributed by atoms with van der Waals surface area (Å²) in [7, 11) is 0. The van der Waals surface area contributed by atoms with E-state index in [0.29, 0.717) is 11.1 Å². The predicted octanol–water partition coefficient (Wildman–Crippen LogP) is 2.43. The molecule has 3 nitrogen and oxygen atoms in total. The number of carboxylic acid groups (broad SMARTS) is 1. The minimum absolute atomic E-state index is 0.0419. The van der Waals surface area contributed by atoms with E-state index in [0.717, 1.165) is 5.56 Å². The third-order valence-corrected chi connectivity index (χ3v) is 2.47. The van der Waals surface area contributed by atoms with Gasteiger partial charge >= 0.3 is 5.97 Å². The van der Waals surface area contributed by atoms with E-state index >= 15 is 0 Å². The number of benzene rings is 1. The average molecular weight is 241 g/mol. The third kappa shape index (κ3) is 3.35. The fourth-order valence-corrected chi connectivity index (χ4v) is 1.65. The Labute approximate surface area is 99.0 Å². The molecule has 86 valence electrons. The Morgan fingerprint density at radius 3 is 2.62 bits per heavy atom. The number of aliphatic carboxylic acids is 1. The van der Waals surface area contributed by atoms with E-state index in [1.807, 2.05) is 6.92 Å². The Balaban J connectivity index is 2.98.